The highest BCUT2D eigenvalue weighted by Crippen LogP contribution is 2.30. The van der Waals surface area contributed by atoms with Gasteiger partial charge in [-0.15, -0.1) is 0 Å². The van der Waals surface area contributed by atoms with E-state index >= 15 is 0 Å². The summed E-state index contributed by atoms with van der Waals surface area (Å²) in [6.45, 7) is 0. The van der Waals surface area contributed by atoms with E-state index in [-0.39, 0.29) is 11.3 Å². The molecule has 4 nitrogen and oxygen atoms in total. The Morgan fingerprint density at radius 2 is 1.61 bits per heavy atom. The molecule has 2 heterocycles. The molecule has 0 unspecified atom stereocenters. The first-order valence-corrected chi connectivity index (χ1v) is 9.99. The maximum Gasteiger partial charge on any atom is 0.260 e. The first-order valence-electron chi connectivity index (χ1n) is 9.99. The first kappa shape index (κ1) is 18.7. The third-order valence-corrected chi connectivity index (χ3v) is 5.31. The summed E-state index contributed by atoms with van der Waals surface area (Å²) < 4.78 is 0. The first-order chi connectivity index (χ1) is 15.2. The van der Waals surface area contributed by atoms with Gasteiger partial charge in [-0.2, -0.15) is 0 Å². The quantitative estimate of drug-likeness (QED) is 0.313. The highest BCUT2D eigenvalue weighted by atomic mass is 16.1. The number of benzene rings is 3. The second-order valence-corrected chi connectivity index (χ2v) is 7.24. The molecule has 0 radical (unpaired) electrons. The molecule has 0 spiro atoms. The fourth-order valence-corrected chi connectivity index (χ4v) is 3.89. The van der Waals surface area contributed by atoms with Gasteiger partial charge in [-0.1, -0.05) is 72.8 Å². The molecule has 1 N–H and O–H groups in total. The zero-order chi connectivity index (χ0) is 21.2. The van der Waals surface area contributed by atoms with Crippen molar-refractivity contribution in [3.8, 4) is 11.1 Å². The number of pyridine rings is 2. The molecule has 2 aromatic heterocycles. The van der Waals surface area contributed by atoms with Gasteiger partial charge in [0.25, 0.3) is 5.56 Å². The van der Waals surface area contributed by atoms with Gasteiger partial charge in [-0.25, -0.2) is 0 Å². The van der Waals surface area contributed by atoms with E-state index in [0.29, 0.717) is 11.1 Å². The lowest BCUT2D eigenvalue weighted by molar-refractivity contribution is 0.104. The molecule has 3 aromatic carbocycles. The Hall–Kier alpha value is -4.31. The van der Waals surface area contributed by atoms with Gasteiger partial charge < -0.3 is 4.98 Å². The normalized spacial score (nSPS) is 11.4. The maximum absolute atomic E-state index is 13.3. The van der Waals surface area contributed by atoms with Gasteiger partial charge in [0.15, 0.2) is 5.78 Å². The van der Waals surface area contributed by atoms with Crippen molar-refractivity contribution in [1.82, 2.24) is 9.97 Å². The molecule has 0 fully saturated rings. The molecule has 0 aliphatic heterocycles. The average Bonchev–Trinajstić information content (AvgIpc) is 2.82. The van der Waals surface area contributed by atoms with Crippen LogP contribution in [-0.2, 0) is 0 Å². The van der Waals surface area contributed by atoms with Crippen LogP contribution in [0.4, 0.5) is 0 Å². The van der Waals surface area contributed by atoms with E-state index in [9.17, 15) is 9.59 Å². The smallest absolute Gasteiger partial charge is 0.260 e. The predicted octanol–water partition coefficient (Wildman–Crippen LogP) is 5.64. The van der Waals surface area contributed by atoms with Crippen LogP contribution < -0.4 is 5.56 Å². The van der Waals surface area contributed by atoms with E-state index in [4.69, 9.17) is 0 Å². The van der Waals surface area contributed by atoms with Crippen LogP contribution in [0.5, 0.6) is 0 Å². The Labute approximate surface area is 178 Å². The predicted molar refractivity (Wildman–Crippen MR) is 125 cm³/mol. The van der Waals surface area contributed by atoms with Gasteiger partial charge in [0.2, 0.25) is 0 Å². The van der Waals surface area contributed by atoms with Crippen molar-refractivity contribution in [1.29, 1.82) is 0 Å². The van der Waals surface area contributed by atoms with Crippen LogP contribution in [0.1, 0.15) is 15.9 Å². The van der Waals surface area contributed by atoms with Gasteiger partial charge in [0.1, 0.15) is 0 Å². The van der Waals surface area contributed by atoms with Crippen molar-refractivity contribution in [3.63, 3.8) is 0 Å². The number of nitrogens with one attached hydrogen (secondary N) is 1. The molecule has 5 aromatic rings. The summed E-state index contributed by atoms with van der Waals surface area (Å²) in [7, 11) is 0. The number of ketones is 1. The van der Waals surface area contributed by atoms with Crippen LogP contribution in [0.15, 0.2) is 102 Å². The zero-order valence-corrected chi connectivity index (χ0v) is 16.6. The van der Waals surface area contributed by atoms with E-state index < -0.39 is 5.56 Å². The summed E-state index contributed by atoms with van der Waals surface area (Å²) >= 11 is 0. The topological polar surface area (TPSA) is 62.8 Å². The SMILES string of the molecule is O=C(C=Cc1cccc2cccnc12)c1c(-c2ccccc2)c2ccccc2[nH]c1=O. The van der Waals surface area contributed by atoms with E-state index in [1.807, 2.05) is 84.9 Å². The minimum absolute atomic E-state index is 0.134. The summed E-state index contributed by atoms with van der Waals surface area (Å²) in [6.07, 6.45) is 4.90. The summed E-state index contributed by atoms with van der Waals surface area (Å²) in [4.78, 5) is 33.5. The summed E-state index contributed by atoms with van der Waals surface area (Å²) in [5, 5.41) is 1.82. The number of hydrogen-bond donors (Lipinski definition) is 1. The Balaban J connectivity index is 1.68. The Morgan fingerprint density at radius 3 is 2.48 bits per heavy atom. The number of nitrogens with zero attached hydrogens (tertiary/aromatic N) is 1. The minimum Gasteiger partial charge on any atom is -0.321 e. The molecule has 4 heteroatoms. The number of H-pyrrole nitrogens is 1. The van der Waals surface area contributed by atoms with E-state index in [1.54, 1.807) is 12.3 Å². The number of aromatic amines is 1. The number of aromatic nitrogens is 2. The molecule has 0 aliphatic carbocycles. The second-order valence-electron chi connectivity index (χ2n) is 7.24. The van der Waals surface area contributed by atoms with Gasteiger partial charge in [0.05, 0.1) is 11.1 Å². The molecular weight excluding hydrogens is 384 g/mol. The lowest BCUT2D eigenvalue weighted by Crippen LogP contribution is -2.18. The maximum atomic E-state index is 13.3. The van der Waals surface area contributed by atoms with Crippen LogP contribution >= 0.6 is 0 Å². The van der Waals surface area contributed by atoms with Crippen molar-refractivity contribution in [2.24, 2.45) is 0 Å². The number of fused-ring (bicyclic) bond motifs is 2. The van der Waals surface area contributed by atoms with E-state index in [0.717, 1.165) is 27.4 Å². The third-order valence-electron chi connectivity index (χ3n) is 5.31. The monoisotopic (exact) mass is 402 g/mol. The summed E-state index contributed by atoms with van der Waals surface area (Å²) in [6, 6.07) is 26.7. The molecule has 0 aliphatic rings. The number of para-hydroxylation sites is 2. The van der Waals surface area contributed by atoms with Crippen molar-refractivity contribution in [3.05, 3.63) is 119 Å². The largest absolute Gasteiger partial charge is 0.321 e. The van der Waals surface area contributed by atoms with Crippen LogP contribution in [-0.4, -0.2) is 15.8 Å². The van der Waals surface area contributed by atoms with E-state index in [1.165, 1.54) is 6.08 Å². The third kappa shape index (κ3) is 3.45. The molecule has 5 rings (SSSR count). The standard InChI is InChI=1S/C27H18N2O2/c30-23(16-15-20-11-6-10-19-12-7-17-28-26(19)20)25-24(18-8-2-1-3-9-18)21-13-4-5-14-22(21)29-27(25)31/h1-17H,(H,29,31). The molecule has 0 amide bonds. The van der Waals surface area contributed by atoms with Crippen molar-refractivity contribution in [2.45, 2.75) is 0 Å². The minimum atomic E-state index is -0.400. The molecule has 0 saturated heterocycles. The number of hydrogen-bond acceptors (Lipinski definition) is 3. The number of rotatable bonds is 4. The second kappa shape index (κ2) is 7.84. The van der Waals surface area contributed by atoms with Crippen molar-refractivity contribution >= 4 is 33.7 Å². The van der Waals surface area contributed by atoms with E-state index in [2.05, 4.69) is 9.97 Å². The fourth-order valence-electron chi connectivity index (χ4n) is 3.89. The van der Waals surface area contributed by atoms with Crippen LogP contribution in [0.25, 0.3) is 39.0 Å². The number of carbonyl (C=O) groups is 1. The Bertz CT molecular complexity index is 1510. The highest BCUT2D eigenvalue weighted by molar-refractivity contribution is 6.15. The molecule has 0 saturated carbocycles. The Kier molecular flexibility index (Phi) is 4.73. The number of carbonyl (C=O) groups excluding carboxylic acids is 1. The highest BCUT2D eigenvalue weighted by Gasteiger charge is 2.19. The summed E-state index contributed by atoms with van der Waals surface area (Å²) in [5.74, 6) is -0.348. The van der Waals surface area contributed by atoms with Crippen LogP contribution in [0.3, 0.4) is 0 Å². The molecule has 148 valence electrons. The molecular formula is C27H18N2O2. The molecule has 0 atom stereocenters. The zero-order valence-electron chi connectivity index (χ0n) is 16.6. The number of allylic oxidation sites excluding steroid dienone is 1. The lowest BCUT2D eigenvalue weighted by Gasteiger charge is -2.11. The van der Waals surface area contributed by atoms with Gasteiger partial charge in [-0.3, -0.25) is 14.6 Å². The van der Waals surface area contributed by atoms with Gasteiger partial charge >= 0.3 is 0 Å². The van der Waals surface area contributed by atoms with Crippen LogP contribution in [0.2, 0.25) is 0 Å². The lowest BCUT2D eigenvalue weighted by atomic mass is 9.94. The van der Waals surface area contributed by atoms with Gasteiger partial charge in [-0.05, 0) is 29.8 Å². The molecule has 0 bridgehead atoms. The van der Waals surface area contributed by atoms with Crippen molar-refractivity contribution in [2.75, 3.05) is 0 Å². The summed E-state index contributed by atoms with van der Waals surface area (Å²) in [5.41, 5.74) is 3.54. The van der Waals surface area contributed by atoms with Gasteiger partial charge in [0, 0.05) is 33.6 Å². The van der Waals surface area contributed by atoms with Crippen LogP contribution in [0, 0.1) is 0 Å². The van der Waals surface area contributed by atoms with Crippen molar-refractivity contribution < 1.29 is 4.79 Å². The average molecular weight is 402 g/mol. The fraction of sp³-hybridized carbons (Fsp3) is 0. The Morgan fingerprint density at radius 1 is 0.839 bits per heavy atom. The molecule has 31 heavy (non-hydrogen) atoms.